The molecule has 0 aliphatic heterocycles. The summed E-state index contributed by atoms with van der Waals surface area (Å²) in [6, 6.07) is 22.8. The average molecular weight is 623 g/mol. The van der Waals surface area contributed by atoms with Gasteiger partial charge in [-0.3, -0.25) is 40.7 Å². The van der Waals surface area contributed by atoms with Gasteiger partial charge in [0.15, 0.2) is 10.2 Å². The first-order valence-corrected chi connectivity index (χ1v) is 14.4. The largest absolute Gasteiger partial charge is 0.295 e. The number of anilines is 2. The number of nitrogens with zero attached hydrogens (tertiary/aromatic N) is 2. The Morgan fingerprint density at radius 1 is 0.568 bits per heavy atom. The Morgan fingerprint density at radius 2 is 0.886 bits per heavy atom. The van der Waals surface area contributed by atoms with Crippen LogP contribution in [0.1, 0.15) is 36.1 Å². The zero-order valence-corrected chi connectivity index (χ0v) is 24.9. The number of nitro groups is 2. The molecule has 0 aliphatic rings. The van der Waals surface area contributed by atoms with Crippen molar-refractivity contribution >= 4 is 56.5 Å². The van der Waals surface area contributed by atoms with Gasteiger partial charge in [-0.1, -0.05) is 47.2 Å². The predicted molar refractivity (Wildman–Crippen MR) is 171 cm³/mol. The lowest BCUT2D eigenvalue weighted by atomic mass is 10.1. The summed E-state index contributed by atoms with van der Waals surface area (Å²) in [6.07, 6.45) is 0. The molecule has 0 unspecified atom stereocenters. The molecule has 0 aromatic heterocycles. The molecule has 0 heterocycles. The van der Waals surface area contributed by atoms with E-state index in [0.717, 1.165) is 33.3 Å². The molecule has 4 aromatic rings. The zero-order valence-electron chi connectivity index (χ0n) is 23.2. The standard InChI is InChI=1S/C32H22N4O6S2/c1-21(37)43-27-13-7-23(8-14-27)3-5-25-11-17-29(31(19-25)35(39)40)33-34-30-18-12-26(20-32(30)36(41)42)6-4-24-9-15-28(16-10-24)44-22(2)38/h7-20,33-34H,1-2H3. The summed E-state index contributed by atoms with van der Waals surface area (Å²) in [5.41, 5.74) is 7.11. The summed E-state index contributed by atoms with van der Waals surface area (Å²) >= 11 is 2.22. The van der Waals surface area contributed by atoms with Crippen LogP contribution in [0.3, 0.4) is 0 Å². The maximum Gasteiger partial charge on any atom is 0.295 e. The summed E-state index contributed by atoms with van der Waals surface area (Å²) in [7, 11) is 0. The van der Waals surface area contributed by atoms with Gasteiger partial charge in [0.2, 0.25) is 0 Å². The first-order valence-electron chi connectivity index (χ1n) is 12.8. The monoisotopic (exact) mass is 622 g/mol. The number of rotatable bonds is 7. The van der Waals surface area contributed by atoms with Gasteiger partial charge in [0.05, 0.1) is 9.85 Å². The van der Waals surface area contributed by atoms with Crippen molar-refractivity contribution in [3.8, 4) is 23.7 Å². The summed E-state index contributed by atoms with van der Waals surface area (Å²) in [5, 5.41) is 23.5. The molecule has 218 valence electrons. The molecule has 0 radical (unpaired) electrons. The Hall–Kier alpha value is -5.56. The first kappa shape index (κ1) is 31.4. The molecule has 0 atom stereocenters. The lowest BCUT2D eigenvalue weighted by Crippen LogP contribution is -2.12. The van der Waals surface area contributed by atoms with Crippen LogP contribution in [0.4, 0.5) is 22.7 Å². The minimum Gasteiger partial charge on any atom is -0.294 e. The van der Waals surface area contributed by atoms with E-state index in [1.54, 1.807) is 60.7 Å². The SMILES string of the molecule is CC(=O)Sc1ccc(C#Cc2ccc(NNc3ccc(C#Cc4ccc(SC(C)=O)cc4)cc3[N+](=O)[O-])c([N+](=O)[O-])c2)cc1. The van der Waals surface area contributed by atoms with Crippen LogP contribution in [0.5, 0.6) is 0 Å². The highest BCUT2D eigenvalue weighted by Crippen LogP contribution is 2.29. The van der Waals surface area contributed by atoms with Crippen molar-refractivity contribution in [1.29, 1.82) is 0 Å². The van der Waals surface area contributed by atoms with Crippen LogP contribution >= 0.6 is 23.5 Å². The molecule has 0 fully saturated rings. The molecule has 4 rings (SSSR count). The van der Waals surface area contributed by atoms with E-state index < -0.39 is 9.85 Å². The highest BCUT2D eigenvalue weighted by molar-refractivity contribution is 8.13. The van der Waals surface area contributed by atoms with E-state index in [-0.39, 0.29) is 33.0 Å². The number of benzene rings is 4. The summed E-state index contributed by atoms with van der Waals surface area (Å²) in [5.74, 6) is 11.7. The van der Waals surface area contributed by atoms with Crippen molar-refractivity contribution in [2.75, 3.05) is 10.9 Å². The Balaban J connectivity index is 1.48. The first-order chi connectivity index (χ1) is 21.1. The minimum absolute atomic E-state index is 0.0268. The molecular weight excluding hydrogens is 601 g/mol. The van der Waals surface area contributed by atoms with E-state index in [0.29, 0.717) is 22.3 Å². The molecule has 0 saturated heterocycles. The minimum atomic E-state index is -0.582. The number of nitro benzene ring substituents is 2. The Kier molecular flexibility index (Phi) is 10.4. The molecular formula is C32H22N4O6S2. The number of hydrogen-bond acceptors (Lipinski definition) is 10. The highest BCUT2D eigenvalue weighted by atomic mass is 32.2. The highest BCUT2D eigenvalue weighted by Gasteiger charge is 2.18. The third-order valence-electron chi connectivity index (χ3n) is 5.65. The summed E-state index contributed by atoms with van der Waals surface area (Å²) < 4.78 is 0. The number of nitrogens with one attached hydrogen (secondary N) is 2. The lowest BCUT2D eigenvalue weighted by Gasteiger charge is -2.11. The fourth-order valence-corrected chi connectivity index (χ4v) is 4.91. The fourth-order valence-electron chi connectivity index (χ4n) is 3.70. The Labute approximate surface area is 260 Å². The summed E-state index contributed by atoms with van der Waals surface area (Å²) in [4.78, 5) is 46.4. The number of hydrogen-bond donors (Lipinski definition) is 2. The normalized spacial score (nSPS) is 9.95. The number of hydrazine groups is 1. The van der Waals surface area contributed by atoms with E-state index >= 15 is 0 Å². The molecule has 4 aromatic carbocycles. The molecule has 0 aliphatic carbocycles. The molecule has 44 heavy (non-hydrogen) atoms. The van der Waals surface area contributed by atoms with Gasteiger partial charge in [0.25, 0.3) is 11.4 Å². The third kappa shape index (κ3) is 8.97. The molecule has 0 spiro atoms. The van der Waals surface area contributed by atoms with E-state index in [9.17, 15) is 29.8 Å². The van der Waals surface area contributed by atoms with Crippen molar-refractivity contribution in [1.82, 2.24) is 0 Å². The van der Waals surface area contributed by atoms with Crippen LogP contribution in [0.2, 0.25) is 0 Å². The topological polar surface area (TPSA) is 144 Å². The van der Waals surface area contributed by atoms with Crippen LogP contribution in [-0.4, -0.2) is 20.1 Å². The lowest BCUT2D eigenvalue weighted by molar-refractivity contribution is -0.384. The van der Waals surface area contributed by atoms with E-state index in [1.165, 1.54) is 38.1 Å². The maximum atomic E-state index is 11.8. The number of carbonyl (C=O) groups excluding carboxylic acids is 2. The fraction of sp³-hybridized carbons (Fsp3) is 0.0625. The number of thioether (sulfide) groups is 2. The molecule has 12 heteroatoms. The molecule has 0 amide bonds. The Morgan fingerprint density at radius 3 is 1.20 bits per heavy atom. The van der Waals surface area contributed by atoms with Crippen molar-refractivity contribution in [3.63, 3.8) is 0 Å². The predicted octanol–water partition coefficient (Wildman–Crippen LogP) is 7.02. The smallest absolute Gasteiger partial charge is 0.294 e. The average Bonchev–Trinajstić information content (AvgIpc) is 2.99. The van der Waals surface area contributed by atoms with Crippen molar-refractivity contribution in [3.05, 3.63) is 127 Å². The molecule has 10 nitrogen and oxygen atoms in total. The van der Waals surface area contributed by atoms with Crippen LogP contribution in [0.15, 0.2) is 94.7 Å². The van der Waals surface area contributed by atoms with Gasteiger partial charge in [-0.15, -0.1) is 0 Å². The quantitative estimate of drug-likeness (QED) is 0.0955. The van der Waals surface area contributed by atoms with Gasteiger partial charge in [0.1, 0.15) is 11.4 Å². The molecule has 0 saturated carbocycles. The van der Waals surface area contributed by atoms with E-state index in [2.05, 4.69) is 34.5 Å². The molecule has 0 bridgehead atoms. The van der Waals surface area contributed by atoms with E-state index in [1.807, 2.05) is 0 Å². The van der Waals surface area contributed by atoms with Gasteiger partial charge in [-0.2, -0.15) is 0 Å². The zero-order chi connectivity index (χ0) is 31.6. The van der Waals surface area contributed by atoms with Gasteiger partial charge in [0, 0.05) is 58.0 Å². The second-order valence-electron chi connectivity index (χ2n) is 8.96. The second-order valence-corrected chi connectivity index (χ2v) is 11.5. The van der Waals surface area contributed by atoms with Crippen molar-refractivity contribution in [2.24, 2.45) is 0 Å². The van der Waals surface area contributed by atoms with Crippen LogP contribution in [0, 0.1) is 43.9 Å². The van der Waals surface area contributed by atoms with Crippen molar-refractivity contribution in [2.45, 2.75) is 23.6 Å². The van der Waals surface area contributed by atoms with Crippen LogP contribution < -0.4 is 10.9 Å². The second kappa shape index (κ2) is 14.6. The van der Waals surface area contributed by atoms with Crippen LogP contribution in [-0.2, 0) is 9.59 Å². The van der Waals surface area contributed by atoms with Gasteiger partial charge >= 0.3 is 0 Å². The number of carbonyl (C=O) groups is 2. The Bertz CT molecular complexity index is 1750. The summed E-state index contributed by atoms with van der Waals surface area (Å²) in [6.45, 7) is 2.96. The maximum absolute atomic E-state index is 11.8. The van der Waals surface area contributed by atoms with Gasteiger partial charge < -0.3 is 0 Å². The van der Waals surface area contributed by atoms with Crippen LogP contribution in [0.25, 0.3) is 0 Å². The molecule has 2 N–H and O–H groups in total. The van der Waals surface area contributed by atoms with Crippen molar-refractivity contribution < 1.29 is 19.4 Å². The third-order valence-corrected chi connectivity index (χ3v) is 7.25. The van der Waals surface area contributed by atoms with E-state index in [4.69, 9.17) is 0 Å². The van der Waals surface area contributed by atoms with Gasteiger partial charge in [-0.05, 0) is 72.8 Å². The van der Waals surface area contributed by atoms with Gasteiger partial charge in [-0.25, -0.2) is 0 Å².